The molecular weight excluding hydrogens is 337 g/mol. The molecule has 0 spiro atoms. The van der Waals surface area contributed by atoms with Gasteiger partial charge in [-0.3, -0.25) is 4.79 Å². The molecule has 3 heteroatoms. The number of likely N-dealkylation sites (N-methyl/N-ethyl adjacent to an activating group) is 1. The van der Waals surface area contributed by atoms with Crippen LogP contribution < -0.4 is 4.90 Å². The molecule has 1 aliphatic rings. The molecule has 27 heavy (non-hydrogen) atoms. The summed E-state index contributed by atoms with van der Waals surface area (Å²) in [6.45, 7) is 0. The quantitative estimate of drug-likeness (QED) is 0.614. The standard InChI is InChI=1S/C24H20FNO/c1-26-23-20(13-8-14-21(23)25)22(24(26)27)19(18-11-6-3-7-12-18)16-15-17-9-4-2-5-10-17/h2-16,19,22H,1H3/b16-15+/t19-,22+/m0/s1. The fourth-order valence-electron chi connectivity index (χ4n) is 3.80. The Labute approximate surface area is 158 Å². The Morgan fingerprint density at radius 1 is 0.926 bits per heavy atom. The van der Waals surface area contributed by atoms with Gasteiger partial charge >= 0.3 is 0 Å². The third-order valence-electron chi connectivity index (χ3n) is 5.12. The highest BCUT2D eigenvalue weighted by Gasteiger charge is 2.41. The molecule has 3 aromatic carbocycles. The number of halogens is 1. The molecule has 0 fully saturated rings. The van der Waals surface area contributed by atoms with Crippen molar-refractivity contribution in [3.05, 3.63) is 107 Å². The lowest BCUT2D eigenvalue weighted by Crippen LogP contribution is -2.27. The molecule has 3 aromatic rings. The maximum Gasteiger partial charge on any atom is 0.235 e. The van der Waals surface area contributed by atoms with Crippen LogP contribution >= 0.6 is 0 Å². The van der Waals surface area contributed by atoms with Crippen molar-refractivity contribution in [2.45, 2.75) is 11.8 Å². The third kappa shape index (κ3) is 3.17. The molecule has 1 amide bonds. The summed E-state index contributed by atoms with van der Waals surface area (Å²) in [5.74, 6) is -1.06. The summed E-state index contributed by atoms with van der Waals surface area (Å²) >= 11 is 0. The molecule has 0 radical (unpaired) electrons. The van der Waals surface area contributed by atoms with Crippen molar-refractivity contribution in [2.75, 3.05) is 11.9 Å². The van der Waals surface area contributed by atoms with Gasteiger partial charge in [0.15, 0.2) is 0 Å². The van der Waals surface area contributed by atoms with Crippen LogP contribution in [-0.4, -0.2) is 13.0 Å². The first-order chi connectivity index (χ1) is 13.2. The van der Waals surface area contributed by atoms with Crippen LogP contribution in [0.1, 0.15) is 28.5 Å². The normalized spacial score (nSPS) is 17.3. The molecule has 2 atom stereocenters. The van der Waals surface area contributed by atoms with E-state index in [4.69, 9.17) is 0 Å². The van der Waals surface area contributed by atoms with Crippen molar-refractivity contribution in [1.29, 1.82) is 0 Å². The molecule has 1 heterocycles. The lowest BCUT2D eigenvalue weighted by Gasteiger charge is -2.20. The first-order valence-corrected chi connectivity index (χ1v) is 9.01. The van der Waals surface area contributed by atoms with E-state index in [-0.39, 0.29) is 17.6 Å². The number of nitrogens with zero attached hydrogens (tertiary/aromatic N) is 1. The van der Waals surface area contributed by atoms with E-state index >= 15 is 0 Å². The lowest BCUT2D eigenvalue weighted by atomic mass is 9.81. The number of hydrogen-bond acceptors (Lipinski definition) is 1. The van der Waals surface area contributed by atoms with E-state index in [9.17, 15) is 9.18 Å². The molecule has 0 saturated heterocycles. The average molecular weight is 357 g/mol. The number of allylic oxidation sites excluding steroid dienone is 1. The van der Waals surface area contributed by atoms with Crippen LogP contribution in [-0.2, 0) is 4.79 Å². The van der Waals surface area contributed by atoms with E-state index in [1.54, 1.807) is 13.1 Å². The number of benzene rings is 3. The van der Waals surface area contributed by atoms with Crippen LogP contribution in [0.5, 0.6) is 0 Å². The number of amides is 1. The van der Waals surface area contributed by atoms with Crippen LogP contribution in [0.25, 0.3) is 6.08 Å². The summed E-state index contributed by atoms with van der Waals surface area (Å²) in [5.41, 5.74) is 3.24. The van der Waals surface area contributed by atoms with Crippen LogP contribution in [0.2, 0.25) is 0 Å². The van der Waals surface area contributed by atoms with Gasteiger partial charge in [0.05, 0.1) is 11.6 Å². The van der Waals surface area contributed by atoms with Gasteiger partial charge in [-0.2, -0.15) is 0 Å². The Bertz CT molecular complexity index is 982. The van der Waals surface area contributed by atoms with Gasteiger partial charge in [-0.15, -0.1) is 0 Å². The van der Waals surface area contributed by atoms with Gasteiger partial charge in [-0.25, -0.2) is 4.39 Å². The second kappa shape index (κ2) is 7.20. The predicted molar refractivity (Wildman–Crippen MR) is 107 cm³/mol. The number of carbonyl (C=O) groups excluding carboxylic acids is 1. The highest BCUT2D eigenvalue weighted by molar-refractivity contribution is 6.05. The molecule has 0 saturated carbocycles. The number of para-hydroxylation sites is 1. The fraction of sp³-hybridized carbons (Fsp3) is 0.125. The number of fused-ring (bicyclic) bond motifs is 1. The second-order valence-electron chi connectivity index (χ2n) is 6.76. The van der Waals surface area contributed by atoms with E-state index in [1.807, 2.05) is 72.8 Å². The monoisotopic (exact) mass is 357 g/mol. The second-order valence-corrected chi connectivity index (χ2v) is 6.76. The molecule has 0 N–H and O–H groups in total. The first-order valence-electron chi connectivity index (χ1n) is 9.01. The van der Waals surface area contributed by atoms with Crippen molar-refractivity contribution < 1.29 is 9.18 Å². The number of carbonyl (C=O) groups is 1. The van der Waals surface area contributed by atoms with E-state index in [0.717, 1.165) is 16.7 Å². The Morgan fingerprint density at radius 3 is 2.30 bits per heavy atom. The Kier molecular flexibility index (Phi) is 4.59. The summed E-state index contributed by atoms with van der Waals surface area (Å²) in [6.07, 6.45) is 4.09. The zero-order valence-electron chi connectivity index (χ0n) is 15.0. The minimum Gasteiger partial charge on any atom is -0.312 e. The van der Waals surface area contributed by atoms with Gasteiger partial charge in [0, 0.05) is 13.0 Å². The SMILES string of the molecule is CN1C(=O)[C@H]([C@@H](/C=C/c2ccccc2)c2ccccc2)c2cccc(F)c21. The van der Waals surface area contributed by atoms with Gasteiger partial charge in [-0.1, -0.05) is 84.9 Å². The maximum atomic E-state index is 14.4. The van der Waals surface area contributed by atoms with Crippen molar-refractivity contribution in [3.8, 4) is 0 Å². The molecular formula is C24H20FNO. The molecule has 0 unspecified atom stereocenters. The summed E-state index contributed by atoms with van der Waals surface area (Å²) in [6, 6.07) is 24.8. The molecule has 2 nitrogen and oxygen atoms in total. The first kappa shape index (κ1) is 17.2. The van der Waals surface area contributed by atoms with Crippen molar-refractivity contribution in [1.82, 2.24) is 0 Å². The van der Waals surface area contributed by atoms with Gasteiger partial charge < -0.3 is 4.90 Å². The Hall–Kier alpha value is -3.20. The topological polar surface area (TPSA) is 20.3 Å². The number of rotatable bonds is 4. The summed E-state index contributed by atoms with van der Waals surface area (Å²) in [5, 5.41) is 0. The van der Waals surface area contributed by atoms with Gasteiger partial charge in [0.25, 0.3) is 0 Å². The van der Waals surface area contributed by atoms with E-state index in [0.29, 0.717) is 5.69 Å². The number of anilines is 1. The molecule has 1 aliphatic heterocycles. The smallest absolute Gasteiger partial charge is 0.235 e. The zero-order valence-corrected chi connectivity index (χ0v) is 15.0. The molecule has 4 rings (SSSR count). The van der Waals surface area contributed by atoms with E-state index in [2.05, 4.69) is 6.08 Å². The predicted octanol–water partition coefficient (Wildman–Crippen LogP) is 5.38. The van der Waals surface area contributed by atoms with Crippen molar-refractivity contribution >= 4 is 17.7 Å². The van der Waals surface area contributed by atoms with E-state index < -0.39 is 5.92 Å². The molecule has 0 bridgehead atoms. The van der Waals surface area contributed by atoms with Crippen molar-refractivity contribution in [3.63, 3.8) is 0 Å². The fourth-order valence-corrected chi connectivity index (χ4v) is 3.80. The highest BCUT2D eigenvalue weighted by atomic mass is 19.1. The molecule has 134 valence electrons. The third-order valence-corrected chi connectivity index (χ3v) is 5.12. The molecule has 0 aliphatic carbocycles. The average Bonchev–Trinajstić information content (AvgIpc) is 2.96. The van der Waals surface area contributed by atoms with Crippen LogP contribution in [0.4, 0.5) is 10.1 Å². The summed E-state index contributed by atoms with van der Waals surface area (Å²) in [4.78, 5) is 14.5. The van der Waals surface area contributed by atoms with Gasteiger partial charge in [0.2, 0.25) is 5.91 Å². The highest BCUT2D eigenvalue weighted by Crippen LogP contribution is 2.46. The van der Waals surface area contributed by atoms with Crippen LogP contribution in [0.15, 0.2) is 84.9 Å². The molecule has 0 aromatic heterocycles. The Balaban J connectivity index is 1.81. The zero-order chi connectivity index (χ0) is 18.8. The minimum atomic E-state index is -0.442. The van der Waals surface area contributed by atoms with E-state index in [1.165, 1.54) is 11.0 Å². The maximum absolute atomic E-state index is 14.4. The van der Waals surface area contributed by atoms with Crippen LogP contribution in [0, 0.1) is 5.82 Å². The van der Waals surface area contributed by atoms with Crippen LogP contribution in [0.3, 0.4) is 0 Å². The summed E-state index contributed by atoms with van der Waals surface area (Å²) in [7, 11) is 1.65. The minimum absolute atomic E-state index is 0.0818. The van der Waals surface area contributed by atoms with Gasteiger partial charge in [-0.05, 0) is 22.8 Å². The summed E-state index contributed by atoms with van der Waals surface area (Å²) < 4.78 is 14.4. The van der Waals surface area contributed by atoms with Gasteiger partial charge in [0.1, 0.15) is 5.82 Å². The Morgan fingerprint density at radius 2 is 1.59 bits per heavy atom. The number of hydrogen-bond donors (Lipinski definition) is 0. The van der Waals surface area contributed by atoms with Crippen molar-refractivity contribution in [2.24, 2.45) is 0 Å². The largest absolute Gasteiger partial charge is 0.312 e. The lowest BCUT2D eigenvalue weighted by molar-refractivity contribution is -0.119.